The molecule has 4 bridgehead atoms. The summed E-state index contributed by atoms with van der Waals surface area (Å²) in [5, 5.41) is 2.84. The molecule has 6 rings (SSSR count). The van der Waals surface area contributed by atoms with Crippen LogP contribution in [0.3, 0.4) is 0 Å². The van der Waals surface area contributed by atoms with Crippen LogP contribution in [0.15, 0.2) is 48.5 Å². The van der Waals surface area contributed by atoms with Gasteiger partial charge in [0, 0.05) is 13.1 Å². The highest BCUT2D eigenvalue weighted by Gasteiger charge is 2.51. The van der Waals surface area contributed by atoms with E-state index in [-0.39, 0.29) is 24.4 Å². The fourth-order valence-corrected chi connectivity index (χ4v) is 9.09. The van der Waals surface area contributed by atoms with Gasteiger partial charge < -0.3 is 10.2 Å². The number of hydrogen-bond donors (Lipinski definition) is 1. The minimum atomic E-state index is -3.76. The maximum Gasteiger partial charge on any atom is 0.244 e. The van der Waals surface area contributed by atoms with E-state index < -0.39 is 22.0 Å². The van der Waals surface area contributed by atoms with E-state index in [2.05, 4.69) is 17.4 Å². The highest BCUT2D eigenvalue weighted by atomic mass is 32.2. The lowest BCUT2D eigenvalue weighted by Crippen LogP contribution is -2.52. The molecule has 4 saturated carbocycles. The van der Waals surface area contributed by atoms with Crippen LogP contribution in [0.25, 0.3) is 0 Å². The van der Waals surface area contributed by atoms with E-state index >= 15 is 0 Å². The quantitative estimate of drug-likeness (QED) is 0.398. The molecular weight excluding hydrogens is 534 g/mol. The monoisotopic (exact) mass is 579 g/mol. The van der Waals surface area contributed by atoms with Crippen molar-refractivity contribution >= 4 is 27.5 Å². The average Bonchev–Trinajstić information content (AvgIpc) is 2.91. The zero-order valence-corrected chi connectivity index (χ0v) is 25.8. The smallest absolute Gasteiger partial charge is 0.244 e. The van der Waals surface area contributed by atoms with E-state index in [1.54, 1.807) is 0 Å². The number of nitrogens with zero attached hydrogens (tertiary/aromatic N) is 2. The summed E-state index contributed by atoms with van der Waals surface area (Å²) in [6, 6.07) is 15.0. The Morgan fingerprint density at radius 1 is 0.951 bits per heavy atom. The Hall–Kier alpha value is -2.87. The van der Waals surface area contributed by atoms with Gasteiger partial charge in [-0.1, -0.05) is 43.3 Å². The minimum absolute atomic E-state index is 0.213. The second-order valence-corrected chi connectivity index (χ2v) is 14.7. The first-order valence-electron chi connectivity index (χ1n) is 15.2. The van der Waals surface area contributed by atoms with Crippen molar-refractivity contribution in [2.45, 2.75) is 83.7 Å². The predicted octanol–water partition coefficient (Wildman–Crippen LogP) is 5.17. The van der Waals surface area contributed by atoms with Crippen molar-refractivity contribution in [3.63, 3.8) is 0 Å². The lowest BCUT2D eigenvalue weighted by Gasteiger charge is -2.57. The molecule has 2 aromatic rings. The van der Waals surface area contributed by atoms with Crippen molar-refractivity contribution in [2.75, 3.05) is 23.7 Å². The van der Waals surface area contributed by atoms with Gasteiger partial charge in [0.1, 0.15) is 12.6 Å². The summed E-state index contributed by atoms with van der Waals surface area (Å²) in [6.07, 6.45) is 9.37. The van der Waals surface area contributed by atoms with E-state index in [0.717, 1.165) is 35.1 Å². The van der Waals surface area contributed by atoms with E-state index in [1.807, 2.05) is 57.2 Å². The summed E-state index contributed by atoms with van der Waals surface area (Å²) in [5.41, 5.74) is 3.94. The van der Waals surface area contributed by atoms with Crippen molar-refractivity contribution < 1.29 is 18.0 Å². The molecule has 0 aromatic heterocycles. The molecule has 0 heterocycles. The van der Waals surface area contributed by atoms with Crippen LogP contribution in [-0.4, -0.2) is 50.5 Å². The van der Waals surface area contributed by atoms with Gasteiger partial charge in [0.15, 0.2) is 0 Å². The first-order valence-corrected chi connectivity index (χ1v) is 17.1. The van der Waals surface area contributed by atoms with Gasteiger partial charge >= 0.3 is 0 Å². The molecule has 7 nitrogen and oxygen atoms in total. The number of aryl methyl sites for hydroxylation is 1. The minimum Gasteiger partial charge on any atom is -0.355 e. The Morgan fingerprint density at radius 3 is 2.05 bits per heavy atom. The standard InChI is InChI=1S/C33H45N3O4S/c1-5-30(32(38)34-6-2)35(21-27-10-8-7-9-23(27)3)31(37)22-36(41(4,39)40)29-13-11-28(12-14-29)33-18-24-15-25(19-33)17-26(16-24)20-33/h7-14,24-26,30H,5-6,15-22H2,1-4H3,(H,34,38). The van der Waals surface area contributed by atoms with Crippen molar-refractivity contribution in [2.24, 2.45) is 17.8 Å². The van der Waals surface area contributed by atoms with Gasteiger partial charge in [-0.15, -0.1) is 0 Å². The van der Waals surface area contributed by atoms with Crippen molar-refractivity contribution in [3.8, 4) is 0 Å². The summed E-state index contributed by atoms with van der Waals surface area (Å²) in [5.74, 6) is 1.83. The summed E-state index contributed by atoms with van der Waals surface area (Å²) < 4.78 is 27.3. The molecule has 1 N–H and O–H groups in total. The molecule has 0 spiro atoms. The molecular formula is C33H45N3O4S. The van der Waals surface area contributed by atoms with E-state index in [4.69, 9.17) is 0 Å². The first kappa shape index (κ1) is 29.6. The molecule has 0 saturated heterocycles. The van der Waals surface area contributed by atoms with Gasteiger partial charge in [-0.05, 0) is 111 Å². The van der Waals surface area contributed by atoms with E-state index in [9.17, 15) is 18.0 Å². The van der Waals surface area contributed by atoms with Gasteiger partial charge in [-0.25, -0.2) is 8.42 Å². The highest BCUT2D eigenvalue weighted by Crippen LogP contribution is 2.60. The largest absolute Gasteiger partial charge is 0.355 e. The van der Waals surface area contributed by atoms with Crippen LogP contribution in [0.2, 0.25) is 0 Å². The van der Waals surface area contributed by atoms with Gasteiger partial charge in [-0.3, -0.25) is 13.9 Å². The molecule has 0 radical (unpaired) electrons. The van der Waals surface area contributed by atoms with Gasteiger partial charge in [0.2, 0.25) is 21.8 Å². The average molecular weight is 580 g/mol. The number of sulfonamides is 1. The molecule has 4 aliphatic carbocycles. The third-order valence-electron chi connectivity index (χ3n) is 9.82. The number of nitrogens with one attached hydrogen (secondary N) is 1. The maximum absolute atomic E-state index is 13.9. The Kier molecular flexibility index (Phi) is 8.51. The molecule has 2 aromatic carbocycles. The normalized spacial score (nSPS) is 25.5. The van der Waals surface area contributed by atoms with Crippen LogP contribution < -0.4 is 9.62 Å². The Bertz CT molecular complexity index is 1340. The lowest BCUT2D eigenvalue weighted by atomic mass is 9.48. The zero-order valence-electron chi connectivity index (χ0n) is 24.9. The SMILES string of the molecule is CCNC(=O)C(CC)N(Cc1ccccc1C)C(=O)CN(c1ccc(C23CC4CC(CC(C4)C2)C3)cc1)S(C)(=O)=O. The molecule has 41 heavy (non-hydrogen) atoms. The van der Waals surface area contributed by atoms with Crippen LogP contribution in [0.5, 0.6) is 0 Å². The van der Waals surface area contributed by atoms with Gasteiger partial charge in [0.05, 0.1) is 11.9 Å². The number of likely N-dealkylation sites (N-methyl/N-ethyl adjacent to an activating group) is 1. The Labute approximate surface area is 245 Å². The third kappa shape index (κ3) is 6.18. The number of amides is 2. The molecule has 222 valence electrons. The molecule has 0 aliphatic heterocycles. The van der Waals surface area contributed by atoms with E-state index in [1.165, 1.54) is 53.3 Å². The van der Waals surface area contributed by atoms with Crippen LogP contribution in [0.4, 0.5) is 5.69 Å². The fraction of sp³-hybridized carbons (Fsp3) is 0.576. The number of hydrogen-bond acceptors (Lipinski definition) is 4. The number of carbonyl (C=O) groups excluding carboxylic acids is 2. The van der Waals surface area contributed by atoms with Crippen LogP contribution >= 0.6 is 0 Å². The van der Waals surface area contributed by atoms with E-state index in [0.29, 0.717) is 18.7 Å². The number of anilines is 1. The third-order valence-corrected chi connectivity index (χ3v) is 11.0. The van der Waals surface area contributed by atoms with Crippen molar-refractivity contribution in [1.29, 1.82) is 0 Å². The Balaban J connectivity index is 1.41. The van der Waals surface area contributed by atoms with Crippen LogP contribution in [0.1, 0.15) is 75.5 Å². The van der Waals surface area contributed by atoms with Crippen LogP contribution in [0, 0.1) is 24.7 Å². The molecule has 1 atom stereocenters. The van der Waals surface area contributed by atoms with Crippen molar-refractivity contribution in [1.82, 2.24) is 10.2 Å². The zero-order chi connectivity index (χ0) is 29.4. The molecule has 4 aliphatic rings. The van der Waals surface area contributed by atoms with Crippen LogP contribution in [-0.2, 0) is 31.6 Å². The predicted molar refractivity (Wildman–Crippen MR) is 163 cm³/mol. The second-order valence-electron chi connectivity index (χ2n) is 12.8. The Morgan fingerprint density at radius 2 is 1.54 bits per heavy atom. The topological polar surface area (TPSA) is 86.8 Å². The summed E-state index contributed by atoms with van der Waals surface area (Å²) in [6.45, 7) is 6.00. The number of rotatable bonds is 11. The van der Waals surface area contributed by atoms with Gasteiger partial charge in [-0.2, -0.15) is 0 Å². The number of carbonyl (C=O) groups is 2. The van der Waals surface area contributed by atoms with Gasteiger partial charge in [0.25, 0.3) is 0 Å². The summed E-state index contributed by atoms with van der Waals surface area (Å²) in [7, 11) is -3.76. The molecule has 2 amide bonds. The summed E-state index contributed by atoms with van der Waals surface area (Å²) >= 11 is 0. The summed E-state index contributed by atoms with van der Waals surface area (Å²) in [4.78, 5) is 28.5. The number of benzene rings is 2. The first-order chi connectivity index (χ1) is 19.5. The highest BCUT2D eigenvalue weighted by molar-refractivity contribution is 7.92. The molecule has 8 heteroatoms. The fourth-order valence-electron chi connectivity index (χ4n) is 8.24. The second kappa shape index (κ2) is 11.8. The molecule has 4 fully saturated rings. The molecule has 1 unspecified atom stereocenters. The maximum atomic E-state index is 13.9. The lowest BCUT2D eigenvalue weighted by molar-refractivity contribution is -0.140. The van der Waals surface area contributed by atoms with Crippen molar-refractivity contribution in [3.05, 3.63) is 65.2 Å².